The van der Waals surface area contributed by atoms with Gasteiger partial charge in [-0.15, -0.1) is 0 Å². The van der Waals surface area contributed by atoms with Gasteiger partial charge in [-0.25, -0.2) is 0 Å². The van der Waals surface area contributed by atoms with Crippen LogP contribution in [0.3, 0.4) is 0 Å². The molecular weight excluding hydrogens is 260 g/mol. The fourth-order valence-electron chi connectivity index (χ4n) is 4.09. The Hall–Kier alpha value is -1.35. The Kier molecular flexibility index (Phi) is 4.29. The summed E-state index contributed by atoms with van der Waals surface area (Å²) in [5.74, 6) is 0.889. The van der Waals surface area contributed by atoms with Gasteiger partial charge in [0.15, 0.2) is 0 Å². The van der Waals surface area contributed by atoms with Gasteiger partial charge in [0.2, 0.25) is 5.91 Å². The van der Waals surface area contributed by atoms with E-state index < -0.39 is 0 Å². The zero-order valence-corrected chi connectivity index (χ0v) is 12.9. The molecule has 114 valence electrons. The Bertz CT molecular complexity index is 514. The van der Waals surface area contributed by atoms with E-state index in [0.29, 0.717) is 24.4 Å². The second-order valence-corrected chi connectivity index (χ2v) is 6.65. The van der Waals surface area contributed by atoms with E-state index in [-0.39, 0.29) is 5.92 Å². The lowest BCUT2D eigenvalue weighted by molar-refractivity contribution is -0.137. The van der Waals surface area contributed by atoms with E-state index in [1.807, 2.05) is 11.9 Å². The van der Waals surface area contributed by atoms with Crippen LogP contribution < -0.4 is 5.73 Å². The summed E-state index contributed by atoms with van der Waals surface area (Å²) in [7, 11) is 1.99. The third kappa shape index (κ3) is 2.84. The Morgan fingerprint density at radius 1 is 1.24 bits per heavy atom. The Balaban J connectivity index is 1.68. The van der Waals surface area contributed by atoms with Crippen molar-refractivity contribution in [2.75, 3.05) is 13.6 Å². The molecule has 2 N–H and O–H groups in total. The van der Waals surface area contributed by atoms with Gasteiger partial charge in [-0.3, -0.25) is 4.79 Å². The number of fused-ring (bicyclic) bond motifs is 1. The van der Waals surface area contributed by atoms with Crippen LogP contribution >= 0.6 is 0 Å². The monoisotopic (exact) mass is 286 g/mol. The van der Waals surface area contributed by atoms with E-state index in [1.54, 1.807) is 0 Å². The van der Waals surface area contributed by atoms with E-state index in [4.69, 9.17) is 5.73 Å². The highest BCUT2D eigenvalue weighted by Crippen LogP contribution is 2.33. The minimum atomic E-state index is 0.164. The van der Waals surface area contributed by atoms with Crippen LogP contribution in [0.25, 0.3) is 0 Å². The fraction of sp³-hybridized carbons (Fsp3) is 0.611. The smallest absolute Gasteiger partial charge is 0.226 e. The lowest BCUT2D eigenvalue weighted by Crippen LogP contribution is -2.45. The first-order chi connectivity index (χ1) is 10.2. The number of nitrogens with two attached hydrogens (primary N) is 1. The molecule has 1 aromatic carbocycles. The van der Waals surface area contributed by atoms with Gasteiger partial charge in [0.1, 0.15) is 0 Å². The van der Waals surface area contributed by atoms with Crippen LogP contribution in [0.5, 0.6) is 0 Å². The largest absolute Gasteiger partial charge is 0.342 e. The second kappa shape index (κ2) is 6.18. The van der Waals surface area contributed by atoms with Gasteiger partial charge in [0.25, 0.3) is 0 Å². The predicted molar refractivity (Wildman–Crippen MR) is 84.9 cm³/mol. The molecule has 3 heteroatoms. The summed E-state index contributed by atoms with van der Waals surface area (Å²) < 4.78 is 0. The molecule has 0 aromatic heterocycles. The molecular formula is C18H26N2O. The van der Waals surface area contributed by atoms with Crippen LogP contribution in [-0.2, 0) is 17.6 Å². The number of likely N-dealkylation sites (N-methyl/N-ethyl adjacent to an activating group) is 1. The van der Waals surface area contributed by atoms with Crippen molar-refractivity contribution >= 4 is 5.91 Å². The van der Waals surface area contributed by atoms with Gasteiger partial charge >= 0.3 is 0 Å². The van der Waals surface area contributed by atoms with Crippen LogP contribution in [-0.4, -0.2) is 30.4 Å². The molecule has 0 saturated heterocycles. The summed E-state index contributed by atoms with van der Waals surface area (Å²) in [5, 5.41) is 0. The first-order valence-corrected chi connectivity index (χ1v) is 8.24. The standard InChI is InChI=1S/C18H26N2O/c1-20(18(21)17-8-4-7-15(17)12-19)16-10-9-13-5-2-3-6-14(13)11-16/h2-3,5-6,15-17H,4,7-12,19H2,1H3/t15-,16?,17-/m1/s1. The minimum Gasteiger partial charge on any atom is -0.342 e. The number of hydrogen-bond donors (Lipinski definition) is 1. The SMILES string of the molecule is CN(C(=O)[C@@H]1CCC[C@@H]1CN)C1CCc2ccccc2C1. The highest BCUT2D eigenvalue weighted by Gasteiger charge is 2.36. The normalized spacial score (nSPS) is 28.2. The summed E-state index contributed by atoms with van der Waals surface area (Å²) in [6.07, 6.45) is 6.46. The van der Waals surface area contributed by atoms with Gasteiger partial charge < -0.3 is 10.6 Å². The molecule has 1 fully saturated rings. The van der Waals surface area contributed by atoms with Crippen molar-refractivity contribution in [3.05, 3.63) is 35.4 Å². The molecule has 0 bridgehead atoms. The quantitative estimate of drug-likeness (QED) is 0.927. The lowest BCUT2D eigenvalue weighted by Gasteiger charge is -2.35. The van der Waals surface area contributed by atoms with Crippen molar-refractivity contribution in [3.8, 4) is 0 Å². The maximum Gasteiger partial charge on any atom is 0.226 e. The predicted octanol–water partition coefficient (Wildman–Crippen LogP) is 2.38. The van der Waals surface area contributed by atoms with Crippen LogP contribution in [0, 0.1) is 11.8 Å². The topological polar surface area (TPSA) is 46.3 Å². The van der Waals surface area contributed by atoms with Crippen LogP contribution in [0.4, 0.5) is 0 Å². The van der Waals surface area contributed by atoms with Crippen molar-refractivity contribution in [2.24, 2.45) is 17.6 Å². The first kappa shape index (κ1) is 14.6. The van der Waals surface area contributed by atoms with E-state index in [0.717, 1.165) is 38.5 Å². The average Bonchev–Trinajstić information content (AvgIpc) is 3.01. The van der Waals surface area contributed by atoms with Crippen LogP contribution in [0.2, 0.25) is 0 Å². The van der Waals surface area contributed by atoms with E-state index in [1.165, 1.54) is 11.1 Å². The number of nitrogens with zero attached hydrogens (tertiary/aromatic N) is 1. The molecule has 2 aliphatic carbocycles. The summed E-state index contributed by atoms with van der Waals surface area (Å²) in [6, 6.07) is 8.99. The third-order valence-corrected chi connectivity index (χ3v) is 5.50. The number of aryl methyl sites for hydroxylation is 1. The highest BCUT2D eigenvalue weighted by molar-refractivity contribution is 5.79. The first-order valence-electron chi connectivity index (χ1n) is 8.24. The highest BCUT2D eigenvalue weighted by atomic mass is 16.2. The molecule has 21 heavy (non-hydrogen) atoms. The number of rotatable bonds is 3. The molecule has 0 spiro atoms. The minimum absolute atomic E-state index is 0.164. The molecule has 2 aliphatic rings. The van der Waals surface area contributed by atoms with Gasteiger partial charge in [0.05, 0.1) is 0 Å². The Labute approximate surface area is 127 Å². The maximum absolute atomic E-state index is 12.8. The molecule has 3 rings (SSSR count). The molecule has 1 amide bonds. The molecule has 0 radical (unpaired) electrons. The van der Waals surface area contributed by atoms with Gasteiger partial charge in [-0.2, -0.15) is 0 Å². The molecule has 1 unspecified atom stereocenters. The summed E-state index contributed by atoms with van der Waals surface area (Å²) in [4.78, 5) is 14.8. The molecule has 1 saturated carbocycles. The second-order valence-electron chi connectivity index (χ2n) is 6.65. The molecule has 3 atom stereocenters. The van der Waals surface area contributed by atoms with Crippen LogP contribution in [0.15, 0.2) is 24.3 Å². The fourth-order valence-corrected chi connectivity index (χ4v) is 4.09. The average molecular weight is 286 g/mol. The van der Waals surface area contributed by atoms with Crippen molar-refractivity contribution in [2.45, 2.75) is 44.6 Å². The lowest BCUT2D eigenvalue weighted by atomic mass is 9.86. The Morgan fingerprint density at radius 2 is 2.00 bits per heavy atom. The van der Waals surface area contributed by atoms with E-state index in [2.05, 4.69) is 24.3 Å². The van der Waals surface area contributed by atoms with Crippen molar-refractivity contribution in [3.63, 3.8) is 0 Å². The molecule has 1 aromatic rings. The van der Waals surface area contributed by atoms with Crippen molar-refractivity contribution in [1.29, 1.82) is 0 Å². The number of carbonyl (C=O) groups is 1. The van der Waals surface area contributed by atoms with Gasteiger partial charge in [-0.1, -0.05) is 30.7 Å². The number of carbonyl (C=O) groups excluding carboxylic acids is 1. The molecule has 0 aliphatic heterocycles. The number of hydrogen-bond acceptors (Lipinski definition) is 2. The van der Waals surface area contributed by atoms with E-state index in [9.17, 15) is 4.79 Å². The zero-order chi connectivity index (χ0) is 14.8. The van der Waals surface area contributed by atoms with Gasteiger partial charge in [-0.05, 0) is 55.7 Å². The summed E-state index contributed by atoms with van der Waals surface area (Å²) in [6.45, 7) is 0.651. The number of amides is 1. The third-order valence-electron chi connectivity index (χ3n) is 5.50. The maximum atomic E-state index is 12.8. The number of benzene rings is 1. The Morgan fingerprint density at radius 3 is 2.76 bits per heavy atom. The van der Waals surface area contributed by atoms with Gasteiger partial charge in [0, 0.05) is 19.0 Å². The summed E-state index contributed by atoms with van der Waals surface area (Å²) in [5.41, 5.74) is 8.70. The summed E-state index contributed by atoms with van der Waals surface area (Å²) >= 11 is 0. The van der Waals surface area contributed by atoms with Crippen LogP contribution in [0.1, 0.15) is 36.8 Å². The molecule has 0 heterocycles. The molecule has 3 nitrogen and oxygen atoms in total. The van der Waals surface area contributed by atoms with Crippen molar-refractivity contribution in [1.82, 2.24) is 4.90 Å². The van der Waals surface area contributed by atoms with E-state index >= 15 is 0 Å². The van der Waals surface area contributed by atoms with Crippen molar-refractivity contribution < 1.29 is 4.79 Å². The zero-order valence-electron chi connectivity index (χ0n) is 12.9.